The molecule has 3 atom stereocenters. The van der Waals surface area contributed by atoms with Gasteiger partial charge in [-0.2, -0.15) is 0 Å². The fourth-order valence-corrected chi connectivity index (χ4v) is 7.59. The molecule has 2 aliphatic rings. The first-order valence-electron chi connectivity index (χ1n) is 16.7. The fraction of sp³-hybridized carbons (Fsp3) is 0.143. The maximum Gasteiger partial charge on any atom is 0.359 e. The number of ether oxygens (including phenoxy) is 2. The molecule has 1 fully saturated rings. The van der Waals surface area contributed by atoms with E-state index < -0.39 is 53.3 Å². The highest BCUT2D eigenvalue weighted by molar-refractivity contribution is 8.00. The second-order valence-corrected chi connectivity index (χ2v) is 13.4. The normalized spacial score (nSPS) is 17.2. The molecule has 2 heterocycles. The number of amides is 2. The van der Waals surface area contributed by atoms with Gasteiger partial charge in [-0.15, -0.1) is 11.8 Å². The van der Waals surface area contributed by atoms with Gasteiger partial charge in [0.25, 0.3) is 5.91 Å². The fourth-order valence-electron chi connectivity index (χ4n) is 6.39. The predicted octanol–water partition coefficient (Wildman–Crippen LogP) is 6.61. The largest absolute Gasteiger partial charge is 0.509 e. The summed E-state index contributed by atoms with van der Waals surface area (Å²) in [5.74, 6) is -4.72. The van der Waals surface area contributed by atoms with Crippen molar-refractivity contribution in [1.82, 2.24) is 10.2 Å². The van der Waals surface area contributed by atoms with Crippen molar-refractivity contribution in [1.29, 1.82) is 0 Å². The molecule has 2 aliphatic heterocycles. The van der Waals surface area contributed by atoms with Crippen molar-refractivity contribution in [2.75, 3.05) is 5.75 Å². The van der Waals surface area contributed by atoms with E-state index in [1.807, 2.05) is 121 Å². The summed E-state index contributed by atoms with van der Waals surface area (Å²) in [5.41, 5.74) is 2.99. The molecule has 0 bridgehead atoms. The molecule has 2 N–H and O–H groups in total. The van der Waals surface area contributed by atoms with E-state index in [0.29, 0.717) is 16.7 Å². The van der Waals surface area contributed by atoms with E-state index >= 15 is 0 Å². The van der Waals surface area contributed by atoms with Crippen LogP contribution in [0.4, 0.5) is 0 Å². The summed E-state index contributed by atoms with van der Waals surface area (Å²) in [5, 5.41) is 12.9. The lowest BCUT2D eigenvalue weighted by Crippen LogP contribution is -2.71. The van der Waals surface area contributed by atoms with Crippen LogP contribution in [0, 0.1) is 0 Å². The van der Waals surface area contributed by atoms with Crippen LogP contribution in [0.1, 0.15) is 45.9 Å². The summed E-state index contributed by atoms with van der Waals surface area (Å²) in [6.45, 7) is 0. The maximum absolute atomic E-state index is 14.1. The second-order valence-electron chi connectivity index (χ2n) is 12.3. The molecular formula is C42H34N2O7S. The van der Waals surface area contributed by atoms with Crippen molar-refractivity contribution in [3.8, 4) is 0 Å². The van der Waals surface area contributed by atoms with E-state index in [-0.39, 0.29) is 17.2 Å². The Labute approximate surface area is 304 Å². The quantitative estimate of drug-likeness (QED) is 0.0893. The highest BCUT2D eigenvalue weighted by Gasteiger charge is 2.55. The average Bonchev–Trinajstić information content (AvgIpc) is 3.19. The van der Waals surface area contributed by atoms with E-state index in [0.717, 1.165) is 16.0 Å². The Hall–Kier alpha value is -6.13. The van der Waals surface area contributed by atoms with Crippen LogP contribution in [0.5, 0.6) is 0 Å². The van der Waals surface area contributed by atoms with Crippen LogP contribution < -0.4 is 5.32 Å². The monoisotopic (exact) mass is 710 g/mol. The highest BCUT2D eigenvalue weighted by Crippen LogP contribution is 2.41. The van der Waals surface area contributed by atoms with Crippen LogP contribution in [-0.2, 0) is 28.7 Å². The maximum atomic E-state index is 14.1. The number of nitrogens with zero attached hydrogens (tertiary/aromatic N) is 1. The molecule has 9 nitrogen and oxygen atoms in total. The molecule has 5 aromatic carbocycles. The molecular weight excluding hydrogens is 677 g/mol. The van der Waals surface area contributed by atoms with E-state index in [9.17, 15) is 24.3 Å². The zero-order chi connectivity index (χ0) is 36.0. The molecule has 0 aromatic heterocycles. The summed E-state index contributed by atoms with van der Waals surface area (Å²) in [6.07, 6.45) is -1.59. The van der Waals surface area contributed by atoms with Gasteiger partial charge >= 0.3 is 11.9 Å². The number of thioether (sulfide) groups is 1. The van der Waals surface area contributed by atoms with E-state index in [1.54, 1.807) is 30.3 Å². The van der Waals surface area contributed by atoms with Crippen LogP contribution in [0.3, 0.4) is 0 Å². The topological polar surface area (TPSA) is 122 Å². The highest BCUT2D eigenvalue weighted by atomic mass is 32.2. The molecule has 7 rings (SSSR count). The first-order valence-corrected chi connectivity index (χ1v) is 17.8. The van der Waals surface area contributed by atoms with Gasteiger partial charge in [0.2, 0.25) is 5.91 Å². The van der Waals surface area contributed by atoms with E-state index in [4.69, 9.17) is 9.47 Å². The Morgan fingerprint density at radius 3 is 1.48 bits per heavy atom. The standard InChI is InChI=1S/C42H34N2O7S/c45-32-26-52-40-34(39(47)44(40)35(32)42(49)51-37(30-22-12-4-13-23-30)31-24-14-5-15-25-31)43-38(46)33(27-16-6-1-7-17-27)41(48)50-36(28-18-8-2-9-19-28)29-20-10-3-11-21-29/h1-25,33-34,36-37,40,45H,26H2,(H,43,46)/t33?,34?,40-/m1/s1. The minimum absolute atomic E-state index is 0.00653. The van der Waals surface area contributed by atoms with Crippen LogP contribution in [-0.4, -0.2) is 50.9 Å². The zero-order valence-electron chi connectivity index (χ0n) is 27.8. The van der Waals surface area contributed by atoms with Gasteiger partial charge in [-0.1, -0.05) is 152 Å². The Morgan fingerprint density at radius 1 is 0.635 bits per heavy atom. The summed E-state index contributed by atoms with van der Waals surface area (Å²) in [7, 11) is 0. The average molecular weight is 711 g/mol. The molecule has 10 heteroatoms. The van der Waals surface area contributed by atoms with Gasteiger partial charge in [-0.05, 0) is 27.8 Å². The SMILES string of the molecule is O=C(OC(c1ccccc1)c1ccccc1)C1=C(O)CS[C@@H]2C(NC(=O)C(C(=O)OC(c3ccccc3)c3ccccc3)c3ccccc3)C(=O)N12. The van der Waals surface area contributed by atoms with Gasteiger partial charge in [0, 0.05) is 0 Å². The summed E-state index contributed by atoms with van der Waals surface area (Å²) < 4.78 is 12.1. The molecule has 260 valence electrons. The van der Waals surface area contributed by atoms with Gasteiger partial charge in [-0.3, -0.25) is 19.3 Å². The van der Waals surface area contributed by atoms with E-state index in [1.165, 1.54) is 11.8 Å². The third-order valence-corrected chi connectivity index (χ3v) is 10.2. The number of fused-ring (bicyclic) bond motifs is 1. The van der Waals surface area contributed by atoms with Crippen molar-refractivity contribution in [2.45, 2.75) is 29.5 Å². The predicted molar refractivity (Wildman–Crippen MR) is 195 cm³/mol. The number of rotatable bonds is 11. The van der Waals surface area contributed by atoms with Crippen molar-refractivity contribution in [3.05, 3.63) is 191 Å². The Bertz CT molecular complexity index is 2000. The lowest BCUT2D eigenvalue weighted by molar-refractivity contribution is -0.157. The number of hydrogen-bond acceptors (Lipinski definition) is 8. The van der Waals surface area contributed by atoms with Crippen molar-refractivity contribution < 1.29 is 33.8 Å². The number of benzene rings is 5. The van der Waals surface area contributed by atoms with Gasteiger partial charge < -0.3 is 19.9 Å². The number of carbonyl (C=O) groups is 4. The van der Waals surface area contributed by atoms with Crippen molar-refractivity contribution in [3.63, 3.8) is 0 Å². The summed E-state index contributed by atoms with van der Waals surface area (Å²) in [4.78, 5) is 56.7. The Balaban J connectivity index is 1.11. The Kier molecular flexibility index (Phi) is 10.2. The molecule has 0 radical (unpaired) electrons. The number of carbonyl (C=O) groups excluding carboxylic acids is 4. The lowest BCUT2D eigenvalue weighted by atomic mass is 9.95. The molecule has 0 aliphatic carbocycles. The number of hydrogen-bond donors (Lipinski definition) is 2. The lowest BCUT2D eigenvalue weighted by Gasteiger charge is -2.49. The van der Waals surface area contributed by atoms with Gasteiger partial charge in [0.15, 0.2) is 23.8 Å². The van der Waals surface area contributed by atoms with Crippen LogP contribution in [0.15, 0.2) is 163 Å². The first-order chi connectivity index (χ1) is 25.4. The van der Waals surface area contributed by atoms with Gasteiger partial charge in [0.05, 0.1) is 5.75 Å². The zero-order valence-corrected chi connectivity index (χ0v) is 28.6. The summed E-state index contributed by atoms with van der Waals surface area (Å²) in [6, 6.07) is 44.2. The first kappa shape index (κ1) is 34.3. The van der Waals surface area contributed by atoms with Crippen LogP contribution in [0.25, 0.3) is 0 Å². The third-order valence-electron chi connectivity index (χ3n) is 8.94. The molecule has 0 spiro atoms. The number of esters is 2. The second kappa shape index (κ2) is 15.4. The number of β-lactam (4-membered cyclic amide) rings is 1. The number of nitrogens with one attached hydrogen (secondary N) is 1. The Morgan fingerprint density at radius 2 is 1.04 bits per heavy atom. The molecule has 0 saturated carbocycles. The number of aliphatic hydroxyl groups is 1. The van der Waals surface area contributed by atoms with Crippen LogP contribution >= 0.6 is 11.8 Å². The molecule has 2 unspecified atom stereocenters. The molecule has 52 heavy (non-hydrogen) atoms. The minimum Gasteiger partial charge on any atom is -0.509 e. The van der Waals surface area contributed by atoms with E-state index in [2.05, 4.69) is 5.32 Å². The minimum atomic E-state index is -1.41. The number of aliphatic hydroxyl groups excluding tert-OH is 1. The van der Waals surface area contributed by atoms with Gasteiger partial charge in [0.1, 0.15) is 17.2 Å². The van der Waals surface area contributed by atoms with Crippen molar-refractivity contribution >= 4 is 35.5 Å². The summed E-state index contributed by atoms with van der Waals surface area (Å²) >= 11 is 1.19. The molecule has 5 aromatic rings. The third kappa shape index (κ3) is 7.06. The molecule has 1 saturated heterocycles. The molecule has 2 amide bonds. The smallest absolute Gasteiger partial charge is 0.359 e. The van der Waals surface area contributed by atoms with Crippen LogP contribution in [0.2, 0.25) is 0 Å². The van der Waals surface area contributed by atoms with Gasteiger partial charge in [-0.25, -0.2) is 4.79 Å². The van der Waals surface area contributed by atoms with Crippen molar-refractivity contribution in [2.24, 2.45) is 0 Å².